The molecule has 0 aliphatic heterocycles. The van der Waals surface area contributed by atoms with Crippen molar-refractivity contribution in [2.75, 3.05) is 4.43 Å². The Hall–Kier alpha value is 0.0500. The van der Waals surface area contributed by atoms with Gasteiger partial charge in [-0.3, -0.25) is 0 Å². The summed E-state index contributed by atoms with van der Waals surface area (Å²) in [6.07, 6.45) is 1.44. The van der Waals surface area contributed by atoms with Crippen LogP contribution in [0.5, 0.6) is 0 Å². The SMILES string of the molecule is CCCCCCCCCCCC[I+]S(=O)(=O)C(F)(F)C(F)(F)C(F)(F)C(F)(F)F. The Kier molecular flexibility index (Phi) is 11.6. The lowest BCUT2D eigenvalue weighted by Crippen LogP contribution is -3.65. The molecule has 0 spiro atoms. The highest BCUT2D eigenvalue weighted by Crippen LogP contribution is 2.53. The number of hydrogen-bond acceptors (Lipinski definition) is 2. The molecule has 0 rings (SSSR count). The molecule has 29 heavy (non-hydrogen) atoms. The zero-order chi connectivity index (χ0) is 23.0. The lowest BCUT2D eigenvalue weighted by molar-refractivity contribution is -0.507. The van der Waals surface area contributed by atoms with E-state index < -0.39 is 54.5 Å². The quantitative estimate of drug-likeness (QED) is 0.0975. The van der Waals surface area contributed by atoms with E-state index in [1.807, 2.05) is 0 Å². The fourth-order valence-electron chi connectivity index (χ4n) is 2.32. The molecule has 0 aliphatic carbocycles. The second kappa shape index (κ2) is 11.6. The molecule has 0 aromatic rings. The van der Waals surface area contributed by atoms with Crippen molar-refractivity contribution in [1.82, 2.24) is 0 Å². The summed E-state index contributed by atoms with van der Waals surface area (Å²) in [6, 6.07) is 0. The van der Waals surface area contributed by atoms with Crippen LogP contribution in [-0.4, -0.2) is 36.1 Å². The Morgan fingerprint density at radius 3 is 1.38 bits per heavy atom. The maximum Gasteiger partial charge on any atom is 0.460 e. The van der Waals surface area contributed by atoms with Crippen molar-refractivity contribution < 1.29 is 67.8 Å². The molecule has 0 saturated heterocycles. The van der Waals surface area contributed by atoms with Crippen molar-refractivity contribution in [3.05, 3.63) is 0 Å². The summed E-state index contributed by atoms with van der Waals surface area (Å²) in [5.74, 6) is -14.3. The van der Waals surface area contributed by atoms with Gasteiger partial charge < -0.3 is 0 Å². The van der Waals surface area contributed by atoms with Gasteiger partial charge in [0.1, 0.15) is 0 Å². The van der Waals surface area contributed by atoms with E-state index in [-0.39, 0.29) is 6.42 Å². The third-order valence-electron chi connectivity index (χ3n) is 4.13. The molecule has 0 unspecified atom stereocenters. The van der Waals surface area contributed by atoms with Gasteiger partial charge in [-0.1, -0.05) is 58.3 Å². The lowest BCUT2D eigenvalue weighted by Gasteiger charge is -2.30. The number of rotatable bonds is 15. The molecule has 0 amide bonds. The summed E-state index contributed by atoms with van der Waals surface area (Å²) >= 11 is -2.76. The van der Waals surface area contributed by atoms with Gasteiger partial charge in [0.25, 0.3) is 0 Å². The Bertz CT molecular complexity index is 577. The van der Waals surface area contributed by atoms with Crippen molar-refractivity contribution in [2.24, 2.45) is 0 Å². The van der Waals surface area contributed by atoms with E-state index in [1.165, 1.54) is 0 Å². The molecule has 0 N–H and O–H groups in total. The van der Waals surface area contributed by atoms with Crippen LogP contribution in [0.1, 0.15) is 71.1 Å². The minimum absolute atomic E-state index is 0.0969. The minimum Gasteiger partial charge on any atom is -0.191 e. The largest absolute Gasteiger partial charge is 0.460 e. The summed E-state index contributed by atoms with van der Waals surface area (Å²) in [7, 11) is -6.12. The van der Waals surface area contributed by atoms with Crippen LogP contribution in [0.2, 0.25) is 0 Å². The highest BCUT2D eigenvalue weighted by atomic mass is 127. The highest BCUT2D eigenvalue weighted by Gasteiger charge is 2.87. The van der Waals surface area contributed by atoms with E-state index >= 15 is 0 Å². The number of alkyl halides is 10. The van der Waals surface area contributed by atoms with Gasteiger partial charge in [-0.25, -0.2) is 0 Å². The Labute approximate surface area is 173 Å². The van der Waals surface area contributed by atoms with E-state index in [4.69, 9.17) is 0 Å². The van der Waals surface area contributed by atoms with Crippen LogP contribution in [0.25, 0.3) is 0 Å². The van der Waals surface area contributed by atoms with Crippen LogP contribution in [0.4, 0.5) is 39.5 Å². The molecule has 0 fully saturated rings. The molecular formula is C16H25F9IO2S+. The molecule has 0 heterocycles. The van der Waals surface area contributed by atoms with Crippen molar-refractivity contribution in [3.8, 4) is 0 Å². The summed E-state index contributed by atoms with van der Waals surface area (Å²) in [6.45, 7) is 2.09. The Morgan fingerprint density at radius 2 is 1.00 bits per heavy atom. The maximum absolute atomic E-state index is 13.5. The first-order chi connectivity index (χ1) is 13.1. The second-order valence-electron chi connectivity index (χ2n) is 6.58. The third kappa shape index (κ3) is 7.60. The van der Waals surface area contributed by atoms with Crippen molar-refractivity contribution in [1.29, 1.82) is 0 Å². The topological polar surface area (TPSA) is 34.1 Å². The molecule has 0 aromatic carbocycles. The summed E-state index contributed by atoms with van der Waals surface area (Å²) in [5, 5.41) is -6.51. The Morgan fingerprint density at radius 1 is 0.621 bits per heavy atom. The molecule has 0 atom stereocenters. The van der Waals surface area contributed by atoms with Gasteiger partial charge >= 0.3 is 50.1 Å². The van der Waals surface area contributed by atoms with Crippen LogP contribution in [0.15, 0.2) is 0 Å². The van der Waals surface area contributed by atoms with Gasteiger partial charge in [0, 0.05) is 0 Å². The lowest BCUT2D eigenvalue weighted by atomic mass is 10.1. The normalized spacial score (nSPS) is 14.4. The second-order valence-corrected chi connectivity index (χ2v) is 14.6. The highest BCUT2D eigenvalue weighted by molar-refractivity contribution is 7.85. The molecule has 2 nitrogen and oxygen atoms in total. The summed E-state index contributed by atoms with van der Waals surface area (Å²) < 4.78 is 138. The van der Waals surface area contributed by atoms with Gasteiger partial charge in [0.15, 0.2) is 4.43 Å². The predicted octanol–water partition coefficient (Wildman–Crippen LogP) is 3.75. The number of unbranched alkanes of at least 4 members (excludes halogenated alkanes) is 9. The predicted molar refractivity (Wildman–Crippen MR) is 86.5 cm³/mol. The number of halogens is 10. The average molecular weight is 579 g/mol. The van der Waals surface area contributed by atoms with Crippen LogP contribution < -0.4 is 19.8 Å². The van der Waals surface area contributed by atoms with Gasteiger partial charge in [0.2, 0.25) is 0 Å². The first-order valence-electron chi connectivity index (χ1n) is 9.12. The van der Waals surface area contributed by atoms with Crippen LogP contribution in [0.3, 0.4) is 0 Å². The standard InChI is InChI=1S/C16H25F9IO2S/c1-2-3-4-5-6-7-8-9-10-11-12-26-29(27,28)16(24,25)14(19,20)13(17,18)15(21,22)23/h2-12H2,1H3/q+1. The van der Waals surface area contributed by atoms with E-state index in [1.54, 1.807) is 0 Å². The molecule has 0 aliphatic rings. The van der Waals surface area contributed by atoms with E-state index in [2.05, 4.69) is 6.92 Å². The van der Waals surface area contributed by atoms with E-state index in [9.17, 15) is 47.9 Å². The minimum atomic E-state index is -7.18. The molecule has 176 valence electrons. The van der Waals surface area contributed by atoms with Crippen LogP contribution >= 0.6 is 0 Å². The number of hydrogen-bond donors (Lipinski definition) is 0. The molecule has 0 bridgehead atoms. The molecule has 0 radical (unpaired) electrons. The fourth-order valence-corrected chi connectivity index (χ4v) is 8.42. The van der Waals surface area contributed by atoms with E-state index in [0.717, 1.165) is 44.9 Å². The first-order valence-corrected chi connectivity index (χ1v) is 14.7. The average Bonchev–Trinajstić information content (AvgIpc) is 2.58. The van der Waals surface area contributed by atoms with Crippen molar-refractivity contribution >= 4 is 7.01 Å². The monoisotopic (exact) mass is 579 g/mol. The molecular weight excluding hydrogens is 554 g/mol. The van der Waals surface area contributed by atoms with Gasteiger partial charge in [-0.2, -0.15) is 47.9 Å². The van der Waals surface area contributed by atoms with E-state index in [0.29, 0.717) is 12.8 Å². The molecule has 0 saturated carbocycles. The zero-order valence-corrected chi connectivity index (χ0v) is 18.8. The van der Waals surface area contributed by atoms with Gasteiger partial charge in [0.05, 0.1) is 0 Å². The molecule has 13 heteroatoms. The zero-order valence-electron chi connectivity index (χ0n) is 15.8. The third-order valence-corrected chi connectivity index (χ3v) is 11.6. The smallest absolute Gasteiger partial charge is 0.191 e. The summed E-state index contributed by atoms with van der Waals surface area (Å²) in [5.41, 5.74) is 0. The molecule has 0 aromatic heterocycles. The fraction of sp³-hybridized carbons (Fsp3) is 1.00. The summed E-state index contributed by atoms with van der Waals surface area (Å²) in [4.78, 5) is 0. The van der Waals surface area contributed by atoms with Crippen LogP contribution in [-0.2, 0) is 7.01 Å². The van der Waals surface area contributed by atoms with Crippen molar-refractivity contribution in [3.63, 3.8) is 0 Å². The Balaban J connectivity index is 4.53. The maximum atomic E-state index is 13.5. The van der Waals surface area contributed by atoms with Gasteiger partial charge in [-0.15, -0.1) is 0 Å². The van der Waals surface area contributed by atoms with Crippen molar-refractivity contribution in [2.45, 2.75) is 94.4 Å². The first kappa shape index (κ1) is 29.1. The van der Waals surface area contributed by atoms with Crippen LogP contribution in [0, 0.1) is 0 Å². The van der Waals surface area contributed by atoms with Gasteiger partial charge in [-0.05, 0) is 12.8 Å².